The van der Waals surface area contributed by atoms with Gasteiger partial charge in [0.15, 0.2) is 0 Å². The number of carboxylic acid groups (broad SMARTS) is 1. The molecule has 0 saturated carbocycles. The fraction of sp³-hybridized carbons (Fsp3) is 0.111. The zero-order valence-corrected chi connectivity index (χ0v) is 9.26. The Morgan fingerprint density at radius 3 is 2.71 bits per heavy atom. The molecule has 0 radical (unpaired) electrons. The van der Waals surface area contributed by atoms with Crippen molar-refractivity contribution < 1.29 is 9.90 Å². The van der Waals surface area contributed by atoms with Crippen LogP contribution in [-0.4, -0.2) is 11.1 Å². The maximum atomic E-state index is 10.7. The average molecular weight is 275 g/mol. The highest BCUT2D eigenvalue weighted by atomic mass is 79.9. The number of rotatable bonds is 2. The Hall–Kier alpha value is -1.05. The highest BCUT2D eigenvalue weighted by molar-refractivity contribution is 9.08. The third kappa shape index (κ3) is 1.89. The molecule has 0 aliphatic carbocycles. The van der Waals surface area contributed by atoms with Crippen molar-refractivity contribution in [3.8, 4) is 6.07 Å². The zero-order valence-electron chi connectivity index (χ0n) is 6.92. The largest absolute Gasteiger partial charge is 0.478 e. The lowest BCUT2D eigenvalue weighted by molar-refractivity contribution is 0.0697. The van der Waals surface area contributed by atoms with Gasteiger partial charge in [0.1, 0.15) is 0 Å². The van der Waals surface area contributed by atoms with Crippen molar-refractivity contribution in [3.05, 3.63) is 33.8 Å². The van der Waals surface area contributed by atoms with Crippen LogP contribution in [0.25, 0.3) is 0 Å². The fourth-order valence-electron chi connectivity index (χ4n) is 1.02. The third-order valence-electron chi connectivity index (χ3n) is 1.73. The van der Waals surface area contributed by atoms with E-state index in [9.17, 15) is 4.79 Å². The van der Waals surface area contributed by atoms with Crippen LogP contribution in [0.15, 0.2) is 12.1 Å². The van der Waals surface area contributed by atoms with Crippen LogP contribution < -0.4 is 0 Å². The molecule has 0 fully saturated rings. The predicted octanol–water partition coefficient (Wildman–Crippen LogP) is 2.80. The van der Waals surface area contributed by atoms with Gasteiger partial charge in [-0.25, -0.2) is 4.79 Å². The molecule has 72 valence electrons. The van der Waals surface area contributed by atoms with Crippen molar-refractivity contribution in [1.82, 2.24) is 0 Å². The van der Waals surface area contributed by atoms with Gasteiger partial charge in [0.25, 0.3) is 0 Å². The lowest BCUT2D eigenvalue weighted by Gasteiger charge is -2.05. The number of carbonyl (C=O) groups is 1. The van der Waals surface area contributed by atoms with E-state index in [-0.39, 0.29) is 10.6 Å². The topological polar surface area (TPSA) is 61.1 Å². The number of nitriles is 1. The van der Waals surface area contributed by atoms with E-state index in [1.54, 1.807) is 0 Å². The maximum Gasteiger partial charge on any atom is 0.337 e. The second-order valence-electron chi connectivity index (χ2n) is 2.50. The molecule has 0 aromatic heterocycles. The molecule has 0 bridgehead atoms. The van der Waals surface area contributed by atoms with Crippen molar-refractivity contribution in [2.75, 3.05) is 0 Å². The number of carboxylic acids is 1. The monoisotopic (exact) mass is 273 g/mol. The summed E-state index contributed by atoms with van der Waals surface area (Å²) in [5, 5.41) is 18.0. The van der Waals surface area contributed by atoms with E-state index >= 15 is 0 Å². The molecule has 0 aliphatic rings. The fourth-order valence-corrected chi connectivity index (χ4v) is 2.08. The molecule has 1 aromatic rings. The van der Waals surface area contributed by atoms with Crippen molar-refractivity contribution in [2.24, 2.45) is 0 Å². The van der Waals surface area contributed by atoms with Crippen LogP contribution in [0.3, 0.4) is 0 Å². The van der Waals surface area contributed by atoms with Crippen molar-refractivity contribution in [3.63, 3.8) is 0 Å². The summed E-state index contributed by atoms with van der Waals surface area (Å²) in [6.07, 6.45) is 0. The quantitative estimate of drug-likeness (QED) is 0.844. The highest BCUT2D eigenvalue weighted by Gasteiger charge is 2.14. The molecule has 1 rings (SSSR count). The van der Waals surface area contributed by atoms with Crippen LogP contribution in [0.5, 0.6) is 0 Å². The molecular formula is C9H5BrClNO2. The second kappa shape index (κ2) is 4.45. The Labute approximate surface area is 94.0 Å². The van der Waals surface area contributed by atoms with Crippen molar-refractivity contribution in [1.29, 1.82) is 5.26 Å². The lowest BCUT2D eigenvalue weighted by Crippen LogP contribution is -2.00. The van der Waals surface area contributed by atoms with Gasteiger partial charge in [-0.15, -0.1) is 0 Å². The molecule has 5 heteroatoms. The Morgan fingerprint density at radius 2 is 2.29 bits per heavy atom. The normalized spacial score (nSPS) is 9.50. The summed E-state index contributed by atoms with van der Waals surface area (Å²) in [6, 6.07) is 4.73. The van der Waals surface area contributed by atoms with E-state index in [0.717, 1.165) is 0 Å². The SMILES string of the molecule is N#Cc1ccc(C(=O)O)c(Cl)c1CBr. The third-order valence-corrected chi connectivity index (χ3v) is 2.72. The molecule has 0 atom stereocenters. The first-order chi connectivity index (χ1) is 6.61. The van der Waals surface area contributed by atoms with Gasteiger partial charge in [-0.2, -0.15) is 5.26 Å². The van der Waals surface area contributed by atoms with E-state index in [2.05, 4.69) is 15.9 Å². The summed E-state index contributed by atoms with van der Waals surface area (Å²) in [6.45, 7) is 0. The number of hydrogen-bond donors (Lipinski definition) is 1. The first-order valence-corrected chi connectivity index (χ1v) is 5.12. The van der Waals surface area contributed by atoms with Gasteiger partial charge in [0.05, 0.1) is 22.2 Å². The van der Waals surface area contributed by atoms with Crippen LogP contribution in [0.4, 0.5) is 0 Å². The molecule has 14 heavy (non-hydrogen) atoms. The van der Waals surface area contributed by atoms with Crippen molar-refractivity contribution >= 4 is 33.5 Å². The maximum absolute atomic E-state index is 10.7. The summed E-state index contributed by atoms with van der Waals surface area (Å²) < 4.78 is 0. The summed E-state index contributed by atoms with van der Waals surface area (Å²) >= 11 is 8.98. The summed E-state index contributed by atoms with van der Waals surface area (Å²) in [5.41, 5.74) is 0.908. The van der Waals surface area contributed by atoms with Crippen LogP contribution in [0.2, 0.25) is 5.02 Å². The number of nitrogens with zero attached hydrogens (tertiary/aromatic N) is 1. The molecule has 0 spiro atoms. The van der Waals surface area contributed by atoms with Gasteiger partial charge in [-0.05, 0) is 17.7 Å². The molecule has 0 unspecified atom stereocenters. The Kier molecular flexibility index (Phi) is 3.50. The Balaban J connectivity index is 3.44. The minimum absolute atomic E-state index is 0.0140. The van der Waals surface area contributed by atoms with Gasteiger partial charge in [-0.3, -0.25) is 0 Å². The van der Waals surface area contributed by atoms with E-state index < -0.39 is 5.97 Å². The van der Waals surface area contributed by atoms with Gasteiger partial charge in [0.2, 0.25) is 0 Å². The first kappa shape index (κ1) is 11.0. The Bertz CT molecular complexity index is 426. The van der Waals surface area contributed by atoms with Gasteiger partial charge >= 0.3 is 5.97 Å². The molecule has 0 amide bonds. The Morgan fingerprint density at radius 1 is 1.64 bits per heavy atom. The zero-order chi connectivity index (χ0) is 10.7. The highest BCUT2D eigenvalue weighted by Crippen LogP contribution is 2.26. The molecule has 3 nitrogen and oxygen atoms in total. The van der Waals surface area contributed by atoms with Gasteiger partial charge in [0, 0.05) is 5.33 Å². The lowest BCUT2D eigenvalue weighted by atomic mass is 10.1. The summed E-state index contributed by atoms with van der Waals surface area (Å²) in [7, 11) is 0. The number of halogens is 2. The van der Waals surface area contributed by atoms with E-state index in [4.69, 9.17) is 22.0 Å². The number of aromatic carboxylic acids is 1. The van der Waals surface area contributed by atoms with E-state index in [1.807, 2.05) is 6.07 Å². The molecule has 0 heterocycles. The van der Waals surface area contributed by atoms with Gasteiger partial charge < -0.3 is 5.11 Å². The van der Waals surface area contributed by atoms with Crippen LogP contribution in [0.1, 0.15) is 21.5 Å². The van der Waals surface area contributed by atoms with E-state index in [1.165, 1.54) is 12.1 Å². The predicted molar refractivity (Wildman–Crippen MR) is 55.8 cm³/mol. The molecule has 1 aromatic carbocycles. The van der Waals surface area contributed by atoms with Crippen LogP contribution in [0, 0.1) is 11.3 Å². The van der Waals surface area contributed by atoms with Crippen LogP contribution >= 0.6 is 27.5 Å². The molecule has 0 saturated heterocycles. The van der Waals surface area contributed by atoms with Crippen LogP contribution in [-0.2, 0) is 5.33 Å². The number of benzene rings is 1. The second-order valence-corrected chi connectivity index (χ2v) is 3.44. The molecular weight excluding hydrogens is 269 g/mol. The van der Waals surface area contributed by atoms with E-state index in [0.29, 0.717) is 16.5 Å². The molecule has 1 N–H and O–H groups in total. The first-order valence-electron chi connectivity index (χ1n) is 3.62. The minimum Gasteiger partial charge on any atom is -0.478 e. The minimum atomic E-state index is -1.10. The summed E-state index contributed by atoms with van der Waals surface area (Å²) in [5.74, 6) is -1.10. The summed E-state index contributed by atoms with van der Waals surface area (Å²) in [4.78, 5) is 10.7. The number of alkyl halides is 1. The van der Waals surface area contributed by atoms with Crippen molar-refractivity contribution in [2.45, 2.75) is 5.33 Å². The molecule has 0 aliphatic heterocycles. The standard InChI is InChI=1S/C9H5BrClNO2/c10-3-7-5(4-12)1-2-6(8(7)11)9(13)14/h1-2H,3H2,(H,13,14). The van der Waals surface area contributed by atoms with Gasteiger partial charge in [-0.1, -0.05) is 27.5 Å². The number of hydrogen-bond acceptors (Lipinski definition) is 2. The average Bonchev–Trinajstić information content (AvgIpc) is 2.16. The smallest absolute Gasteiger partial charge is 0.337 e.